The van der Waals surface area contributed by atoms with E-state index in [0.29, 0.717) is 12.1 Å². The molecule has 20 heavy (non-hydrogen) atoms. The highest BCUT2D eigenvalue weighted by Gasteiger charge is 2.15. The summed E-state index contributed by atoms with van der Waals surface area (Å²) in [4.78, 5) is 11.7. The second kappa shape index (κ2) is 5.20. The fourth-order valence-electron chi connectivity index (χ4n) is 1.57. The van der Waals surface area contributed by atoms with Gasteiger partial charge in [0.25, 0.3) is 5.91 Å². The maximum Gasteiger partial charge on any atom is 0.255 e. The third kappa shape index (κ3) is 2.87. The van der Waals surface area contributed by atoms with E-state index in [1.165, 1.54) is 6.07 Å². The first-order valence-electron chi connectivity index (χ1n) is 5.39. The van der Waals surface area contributed by atoms with E-state index in [1.54, 1.807) is 0 Å². The number of amides is 1. The second-order valence-corrected chi connectivity index (χ2v) is 3.98. The van der Waals surface area contributed by atoms with Gasteiger partial charge in [0.15, 0.2) is 17.5 Å². The highest BCUT2D eigenvalue weighted by atomic mass is 19.2. The number of benzene rings is 2. The normalized spacial score (nSPS) is 10.4. The van der Waals surface area contributed by atoms with Gasteiger partial charge in [-0.3, -0.25) is 4.79 Å². The van der Waals surface area contributed by atoms with Crippen LogP contribution in [0, 0.1) is 23.3 Å². The number of hydrogen-bond acceptors (Lipinski definition) is 2. The van der Waals surface area contributed by atoms with Crippen LogP contribution in [-0.4, -0.2) is 5.91 Å². The molecule has 0 aliphatic rings. The fourth-order valence-corrected chi connectivity index (χ4v) is 1.57. The molecule has 2 rings (SSSR count). The Balaban J connectivity index is 2.28. The molecule has 3 nitrogen and oxygen atoms in total. The minimum atomic E-state index is -1.67. The maximum absolute atomic E-state index is 13.1. The Morgan fingerprint density at radius 2 is 1.55 bits per heavy atom. The monoisotopic (exact) mass is 284 g/mol. The molecule has 0 fully saturated rings. The summed E-state index contributed by atoms with van der Waals surface area (Å²) in [6, 6.07) is 4.35. The van der Waals surface area contributed by atoms with Crippen molar-refractivity contribution in [3.8, 4) is 0 Å². The lowest BCUT2D eigenvalue weighted by atomic mass is 10.2. The van der Waals surface area contributed by atoms with Crippen LogP contribution < -0.4 is 11.1 Å². The molecule has 0 spiro atoms. The van der Waals surface area contributed by atoms with Crippen LogP contribution >= 0.6 is 0 Å². The van der Waals surface area contributed by atoms with E-state index in [1.807, 2.05) is 0 Å². The Bertz CT molecular complexity index is 645. The van der Waals surface area contributed by atoms with Crippen LogP contribution in [0.3, 0.4) is 0 Å². The van der Waals surface area contributed by atoms with Crippen molar-refractivity contribution in [3.05, 3.63) is 59.2 Å². The van der Waals surface area contributed by atoms with Crippen LogP contribution in [0.15, 0.2) is 30.3 Å². The zero-order valence-electron chi connectivity index (χ0n) is 9.88. The second-order valence-electron chi connectivity index (χ2n) is 3.98. The number of carbonyl (C=O) groups is 1. The molecule has 0 unspecified atom stereocenters. The SMILES string of the molecule is Nc1cc(F)cc(NC(=O)c2cc(F)c(F)c(F)c2)c1. The van der Waals surface area contributed by atoms with Crippen LogP contribution in [0.5, 0.6) is 0 Å². The summed E-state index contributed by atoms with van der Waals surface area (Å²) in [5.41, 5.74) is 5.02. The molecular formula is C13H8F4N2O. The predicted molar refractivity (Wildman–Crippen MR) is 65.1 cm³/mol. The lowest BCUT2D eigenvalue weighted by molar-refractivity contribution is 0.102. The first-order valence-corrected chi connectivity index (χ1v) is 5.39. The van der Waals surface area contributed by atoms with E-state index in [2.05, 4.69) is 5.32 Å². The average molecular weight is 284 g/mol. The van der Waals surface area contributed by atoms with Crippen LogP contribution in [0.4, 0.5) is 28.9 Å². The molecule has 0 aromatic heterocycles. The Morgan fingerprint density at radius 1 is 0.950 bits per heavy atom. The van der Waals surface area contributed by atoms with Gasteiger partial charge in [-0.15, -0.1) is 0 Å². The molecule has 0 bridgehead atoms. The van der Waals surface area contributed by atoms with E-state index < -0.39 is 34.7 Å². The summed E-state index contributed by atoms with van der Waals surface area (Å²) in [6.45, 7) is 0. The maximum atomic E-state index is 13.1. The molecule has 1 amide bonds. The van der Waals surface area contributed by atoms with E-state index in [0.717, 1.165) is 12.1 Å². The van der Waals surface area contributed by atoms with E-state index in [4.69, 9.17) is 5.73 Å². The number of anilines is 2. The topological polar surface area (TPSA) is 55.1 Å². The van der Waals surface area contributed by atoms with Gasteiger partial charge in [0.05, 0.1) is 0 Å². The summed E-state index contributed by atoms with van der Waals surface area (Å²) in [5.74, 6) is -6.26. The van der Waals surface area contributed by atoms with Gasteiger partial charge in [-0.2, -0.15) is 0 Å². The number of hydrogen-bond donors (Lipinski definition) is 2. The molecule has 0 atom stereocenters. The quantitative estimate of drug-likeness (QED) is 0.506. The average Bonchev–Trinajstić information content (AvgIpc) is 2.33. The Kier molecular flexibility index (Phi) is 3.60. The van der Waals surface area contributed by atoms with Crippen molar-refractivity contribution < 1.29 is 22.4 Å². The lowest BCUT2D eigenvalue weighted by Crippen LogP contribution is -2.13. The molecule has 0 saturated heterocycles. The van der Waals surface area contributed by atoms with Crippen LogP contribution in [0.1, 0.15) is 10.4 Å². The zero-order valence-corrected chi connectivity index (χ0v) is 9.88. The molecule has 0 aliphatic carbocycles. The van der Waals surface area contributed by atoms with Gasteiger partial charge in [0, 0.05) is 16.9 Å². The molecule has 104 valence electrons. The third-order valence-corrected chi connectivity index (χ3v) is 2.42. The van der Waals surface area contributed by atoms with Crippen molar-refractivity contribution in [1.82, 2.24) is 0 Å². The van der Waals surface area contributed by atoms with Gasteiger partial charge < -0.3 is 11.1 Å². The highest BCUT2D eigenvalue weighted by molar-refractivity contribution is 6.04. The van der Waals surface area contributed by atoms with Gasteiger partial charge in [-0.05, 0) is 30.3 Å². The molecule has 0 heterocycles. The smallest absolute Gasteiger partial charge is 0.255 e. The van der Waals surface area contributed by atoms with Gasteiger partial charge >= 0.3 is 0 Å². The van der Waals surface area contributed by atoms with Crippen LogP contribution in [-0.2, 0) is 0 Å². The molecular weight excluding hydrogens is 276 g/mol. The molecule has 0 aliphatic heterocycles. The van der Waals surface area contributed by atoms with Crippen LogP contribution in [0.2, 0.25) is 0 Å². The minimum absolute atomic E-state index is 0.0117. The van der Waals surface area contributed by atoms with E-state index >= 15 is 0 Å². The van der Waals surface area contributed by atoms with Gasteiger partial charge in [-0.1, -0.05) is 0 Å². The van der Waals surface area contributed by atoms with Crippen molar-refractivity contribution in [3.63, 3.8) is 0 Å². The highest BCUT2D eigenvalue weighted by Crippen LogP contribution is 2.18. The summed E-state index contributed by atoms with van der Waals surface area (Å²) >= 11 is 0. The van der Waals surface area contributed by atoms with Crippen molar-refractivity contribution in [2.75, 3.05) is 11.1 Å². The van der Waals surface area contributed by atoms with E-state index in [9.17, 15) is 22.4 Å². The number of nitrogens with two attached hydrogens (primary N) is 1. The zero-order chi connectivity index (χ0) is 14.9. The third-order valence-electron chi connectivity index (χ3n) is 2.42. The summed E-state index contributed by atoms with van der Waals surface area (Å²) in [5, 5.41) is 2.20. The van der Waals surface area contributed by atoms with Gasteiger partial charge in [0.2, 0.25) is 0 Å². The molecule has 7 heteroatoms. The van der Waals surface area contributed by atoms with Gasteiger partial charge in [0.1, 0.15) is 5.82 Å². The number of rotatable bonds is 2. The van der Waals surface area contributed by atoms with Crippen molar-refractivity contribution in [2.45, 2.75) is 0 Å². The number of nitrogens with one attached hydrogen (secondary N) is 1. The summed E-state index contributed by atoms with van der Waals surface area (Å²) in [6.07, 6.45) is 0. The predicted octanol–water partition coefficient (Wildman–Crippen LogP) is 3.08. The molecule has 2 aromatic carbocycles. The lowest BCUT2D eigenvalue weighted by Gasteiger charge is -2.07. The molecule has 3 N–H and O–H groups in total. The van der Waals surface area contributed by atoms with Crippen molar-refractivity contribution >= 4 is 17.3 Å². The largest absolute Gasteiger partial charge is 0.399 e. The minimum Gasteiger partial charge on any atom is -0.399 e. The van der Waals surface area contributed by atoms with Crippen LogP contribution in [0.25, 0.3) is 0 Å². The molecule has 2 aromatic rings. The standard InChI is InChI=1S/C13H8F4N2O/c14-7-3-8(18)5-9(4-7)19-13(20)6-1-10(15)12(17)11(16)2-6/h1-5H,18H2,(H,19,20). The number of carbonyl (C=O) groups excluding carboxylic acids is 1. The fraction of sp³-hybridized carbons (Fsp3) is 0. The summed E-state index contributed by atoms with van der Waals surface area (Å²) in [7, 11) is 0. The van der Waals surface area contributed by atoms with Gasteiger partial charge in [-0.25, -0.2) is 17.6 Å². The Labute approximate surface area is 111 Å². The number of nitrogen functional groups attached to an aromatic ring is 1. The van der Waals surface area contributed by atoms with Crippen molar-refractivity contribution in [1.29, 1.82) is 0 Å². The Morgan fingerprint density at radius 3 is 2.10 bits per heavy atom. The van der Waals surface area contributed by atoms with Crippen molar-refractivity contribution in [2.24, 2.45) is 0 Å². The molecule has 0 saturated carbocycles. The summed E-state index contributed by atoms with van der Waals surface area (Å²) < 4.78 is 51.8. The Hall–Kier alpha value is -2.57. The first kappa shape index (κ1) is 13.9. The van der Waals surface area contributed by atoms with E-state index in [-0.39, 0.29) is 11.4 Å². The first-order chi connectivity index (χ1) is 9.36. The number of halogens is 4. The molecule has 0 radical (unpaired) electrons.